The molecule has 11 nitrogen and oxygen atoms in total. The largest absolute Gasteiger partial charge is 0.480 e. The van der Waals surface area contributed by atoms with Crippen molar-refractivity contribution in [3.05, 3.63) is 0 Å². The van der Waals surface area contributed by atoms with E-state index < -0.39 is 60.6 Å². The van der Waals surface area contributed by atoms with Crippen LogP contribution in [0.5, 0.6) is 0 Å². The van der Waals surface area contributed by atoms with E-state index in [1.165, 1.54) is 0 Å². The minimum atomic E-state index is -1.35. The van der Waals surface area contributed by atoms with Crippen LogP contribution in [0.15, 0.2) is 0 Å². The summed E-state index contributed by atoms with van der Waals surface area (Å²) in [5, 5.41) is 11.4. The SMILES string of the molecule is NC(=O)C[C@H](NC(=O)[C@@H](N)CC(N)=O)C(=O)N1CCC[C@@H]1C(=O)O. The van der Waals surface area contributed by atoms with Gasteiger partial charge in [0.2, 0.25) is 23.6 Å². The number of nitrogens with zero attached hydrogens (tertiary/aromatic N) is 1. The van der Waals surface area contributed by atoms with Crippen LogP contribution < -0.4 is 22.5 Å². The molecule has 0 aromatic carbocycles. The number of nitrogens with one attached hydrogen (secondary N) is 1. The number of carbonyl (C=O) groups is 5. The first-order valence-corrected chi connectivity index (χ1v) is 7.29. The van der Waals surface area contributed by atoms with Gasteiger partial charge in [-0.05, 0) is 12.8 Å². The fourth-order valence-electron chi connectivity index (χ4n) is 2.48. The zero-order chi connectivity index (χ0) is 18.4. The highest BCUT2D eigenvalue weighted by Crippen LogP contribution is 2.19. The van der Waals surface area contributed by atoms with E-state index in [0.717, 1.165) is 4.90 Å². The van der Waals surface area contributed by atoms with Crippen molar-refractivity contribution in [2.75, 3.05) is 6.54 Å². The summed E-state index contributed by atoms with van der Waals surface area (Å²) in [4.78, 5) is 58.6. The van der Waals surface area contributed by atoms with Crippen molar-refractivity contribution in [1.29, 1.82) is 0 Å². The predicted molar refractivity (Wildman–Crippen MR) is 79.9 cm³/mol. The molecule has 0 aliphatic carbocycles. The van der Waals surface area contributed by atoms with E-state index in [1.807, 2.05) is 0 Å². The summed E-state index contributed by atoms with van der Waals surface area (Å²) in [6, 6.07) is -3.67. The topological polar surface area (TPSA) is 199 Å². The lowest BCUT2D eigenvalue weighted by Crippen LogP contribution is -2.55. The van der Waals surface area contributed by atoms with Gasteiger partial charge in [-0.3, -0.25) is 19.2 Å². The molecule has 0 radical (unpaired) electrons. The molecule has 1 rings (SSSR count). The van der Waals surface area contributed by atoms with E-state index in [2.05, 4.69) is 5.32 Å². The molecule has 1 saturated heterocycles. The standard InChI is InChI=1S/C13H21N5O6/c14-6(4-9(15)19)11(21)17-7(5-10(16)20)12(22)18-3-1-2-8(18)13(23)24/h6-8H,1-5,14H2,(H2,15,19)(H2,16,20)(H,17,21)(H,23,24)/t6-,7-,8+/m0/s1. The molecule has 3 atom stereocenters. The van der Waals surface area contributed by atoms with E-state index >= 15 is 0 Å². The summed E-state index contributed by atoms with van der Waals surface area (Å²) in [6.07, 6.45) is -0.192. The molecule has 8 N–H and O–H groups in total. The van der Waals surface area contributed by atoms with Gasteiger partial charge in [0, 0.05) is 6.54 Å². The Labute approximate surface area is 137 Å². The minimum Gasteiger partial charge on any atom is -0.480 e. The molecule has 4 amide bonds. The van der Waals surface area contributed by atoms with E-state index in [9.17, 15) is 24.0 Å². The minimum absolute atomic E-state index is 0.189. The molecule has 0 aromatic heterocycles. The summed E-state index contributed by atoms with van der Waals surface area (Å²) in [6.45, 7) is 0.189. The lowest BCUT2D eigenvalue weighted by molar-refractivity contribution is -0.149. The Morgan fingerprint density at radius 2 is 1.71 bits per heavy atom. The fraction of sp³-hybridized carbons (Fsp3) is 0.615. The van der Waals surface area contributed by atoms with Crippen LogP contribution in [-0.4, -0.2) is 64.3 Å². The Bertz CT molecular complexity index is 551. The second kappa shape index (κ2) is 8.24. The average molecular weight is 343 g/mol. The van der Waals surface area contributed by atoms with E-state index in [4.69, 9.17) is 22.3 Å². The third-order valence-electron chi connectivity index (χ3n) is 3.60. The summed E-state index contributed by atoms with van der Waals surface area (Å²) >= 11 is 0. The number of carboxylic acids is 1. The van der Waals surface area contributed by atoms with Crippen LogP contribution in [0.4, 0.5) is 0 Å². The maximum atomic E-state index is 12.5. The van der Waals surface area contributed by atoms with Gasteiger partial charge in [-0.15, -0.1) is 0 Å². The molecule has 0 bridgehead atoms. The monoisotopic (exact) mass is 343 g/mol. The van der Waals surface area contributed by atoms with Crippen molar-refractivity contribution in [3.8, 4) is 0 Å². The van der Waals surface area contributed by atoms with Gasteiger partial charge in [0.05, 0.1) is 18.9 Å². The molecule has 1 aliphatic rings. The van der Waals surface area contributed by atoms with E-state index in [-0.39, 0.29) is 13.0 Å². The lowest BCUT2D eigenvalue weighted by Gasteiger charge is -2.27. The summed E-state index contributed by atoms with van der Waals surface area (Å²) in [5.41, 5.74) is 15.5. The first-order valence-electron chi connectivity index (χ1n) is 7.29. The number of hydrogen-bond acceptors (Lipinski definition) is 6. The third-order valence-corrected chi connectivity index (χ3v) is 3.60. The molecule has 0 saturated carbocycles. The highest BCUT2D eigenvalue weighted by molar-refractivity contribution is 5.95. The van der Waals surface area contributed by atoms with Gasteiger partial charge in [0.15, 0.2) is 0 Å². The number of carboxylic acid groups (broad SMARTS) is 1. The summed E-state index contributed by atoms with van der Waals surface area (Å²) in [5.74, 6) is -4.43. The quantitative estimate of drug-likeness (QED) is 0.302. The molecule has 1 heterocycles. The molecule has 134 valence electrons. The molecule has 1 fully saturated rings. The number of carbonyl (C=O) groups excluding carboxylic acids is 4. The van der Waals surface area contributed by atoms with Crippen LogP contribution in [-0.2, 0) is 24.0 Å². The first kappa shape index (κ1) is 19.4. The van der Waals surface area contributed by atoms with Gasteiger partial charge in [0.25, 0.3) is 0 Å². The third kappa shape index (κ3) is 5.19. The Balaban J connectivity index is 2.86. The smallest absolute Gasteiger partial charge is 0.326 e. The highest BCUT2D eigenvalue weighted by Gasteiger charge is 2.38. The number of nitrogens with two attached hydrogens (primary N) is 3. The summed E-state index contributed by atoms with van der Waals surface area (Å²) in [7, 11) is 0. The molecule has 1 aliphatic heterocycles. The lowest BCUT2D eigenvalue weighted by atomic mass is 10.1. The summed E-state index contributed by atoms with van der Waals surface area (Å²) < 4.78 is 0. The van der Waals surface area contributed by atoms with Gasteiger partial charge in [0.1, 0.15) is 12.1 Å². The van der Waals surface area contributed by atoms with Crippen molar-refractivity contribution in [3.63, 3.8) is 0 Å². The van der Waals surface area contributed by atoms with Gasteiger partial charge in [-0.25, -0.2) is 4.79 Å². The zero-order valence-corrected chi connectivity index (χ0v) is 12.9. The number of amides is 4. The van der Waals surface area contributed by atoms with Gasteiger partial charge >= 0.3 is 5.97 Å². The van der Waals surface area contributed by atoms with Crippen LogP contribution in [0, 0.1) is 0 Å². The normalized spacial score (nSPS) is 19.4. The second-order valence-corrected chi connectivity index (χ2v) is 5.54. The van der Waals surface area contributed by atoms with Crippen LogP contribution in [0.2, 0.25) is 0 Å². The number of hydrogen-bond donors (Lipinski definition) is 5. The number of primary amides is 2. The Morgan fingerprint density at radius 1 is 1.12 bits per heavy atom. The Kier molecular flexibility index (Phi) is 6.65. The van der Waals surface area contributed by atoms with Crippen molar-refractivity contribution >= 4 is 29.6 Å². The van der Waals surface area contributed by atoms with Gasteiger partial charge < -0.3 is 32.5 Å². The van der Waals surface area contributed by atoms with Crippen LogP contribution in [0.3, 0.4) is 0 Å². The van der Waals surface area contributed by atoms with Crippen molar-refractivity contribution < 1.29 is 29.1 Å². The first-order chi connectivity index (χ1) is 11.1. The van der Waals surface area contributed by atoms with Crippen LogP contribution in [0.25, 0.3) is 0 Å². The van der Waals surface area contributed by atoms with E-state index in [1.54, 1.807) is 0 Å². The number of likely N-dealkylation sites (tertiary alicyclic amines) is 1. The molecule has 0 spiro atoms. The van der Waals surface area contributed by atoms with E-state index in [0.29, 0.717) is 6.42 Å². The molecule has 0 aromatic rings. The maximum absolute atomic E-state index is 12.5. The number of aliphatic carboxylic acids is 1. The Hall–Kier alpha value is -2.69. The predicted octanol–water partition coefficient (Wildman–Crippen LogP) is -3.38. The molecular formula is C13H21N5O6. The maximum Gasteiger partial charge on any atom is 0.326 e. The molecular weight excluding hydrogens is 322 g/mol. The highest BCUT2D eigenvalue weighted by atomic mass is 16.4. The molecule has 0 unspecified atom stereocenters. The van der Waals surface area contributed by atoms with Crippen molar-refractivity contribution in [1.82, 2.24) is 10.2 Å². The second-order valence-electron chi connectivity index (χ2n) is 5.54. The molecule has 24 heavy (non-hydrogen) atoms. The fourth-order valence-corrected chi connectivity index (χ4v) is 2.48. The number of rotatable bonds is 8. The Morgan fingerprint density at radius 3 is 2.21 bits per heavy atom. The van der Waals surface area contributed by atoms with Gasteiger partial charge in [-0.1, -0.05) is 0 Å². The van der Waals surface area contributed by atoms with Crippen LogP contribution >= 0.6 is 0 Å². The van der Waals surface area contributed by atoms with Crippen molar-refractivity contribution in [2.45, 2.75) is 43.8 Å². The zero-order valence-electron chi connectivity index (χ0n) is 12.9. The molecule has 11 heteroatoms. The van der Waals surface area contributed by atoms with Gasteiger partial charge in [-0.2, -0.15) is 0 Å². The van der Waals surface area contributed by atoms with Crippen LogP contribution in [0.1, 0.15) is 25.7 Å². The van der Waals surface area contributed by atoms with Crippen molar-refractivity contribution in [2.24, 2.45) is 17.2 Å². The average Bonchev–Trinajstić information content (AvgIpc) is 2.93.